The molecule has 1 aromatic carbocycles. The van der Waals surface area contributed by atoms with Crippen LogP contribution in [0.25, 0.3) is 10.9 Å². The van der Waals surface area contributed by atoms with Crippen molar-refractivity contribution in [3.8, 4) is 0 Å². The summed E-state index contributed by atoms with van der Waals surface area (Å²) in [5.41, 5.74) is 3.24. The number of carbonyl (C=O) groups is 2. The van der Waals surface area contributed by atoms with Crippen molar-refractivity contribution in [1.29, 1.82) is 0 Å². The molecular weight excluding hydrogens is 446 g/mol. The molecule has 0 spiro atoms. The van der Waals surface area contributed by atoms with Crippen LogP contribution >= 0.6 is 0 Å². The van der Waals surface area contributed by atoms with Crippen molar-refractivity contribution in [3.05, 3.63) is 35.5 Å². The van der Waals surface area contributed by atoms with Crippen molar-refractivity contribution in [2.75, 3.05) is 34.4 Å². The van der Waals surface area contributed by atoms with Gasteiger partial charge in [-0.05, 0) is 70.4 Å². The fraction of sp³-hybridized carbons (Fsp3) is 0.630. The predicted octanol–water partition coefficient (Wildman–Crippen LogP) is 4.92. The molecule has 0 radical (unpaired) electrons. The fourth-order valence-corrected chi connectivity index (χ4v) is 5.03. The summed E-state index contributed by atoms with van der Waals surface area (Å²) in [6.07, 6.45) is 4.42. The molecule has 1 aliphatic heterocycles. The molecule has 194 valence electrons. The van der Waals surface area contributed by atoms with Gasteiger partial charge in [0.05, 0.1) is 20.8 Å². The number of benzene rings is 1. The lowest BCUT2D eigenvalue weighted by Gasteiger charge is -2.35. The lowest BCUT2D eigenvalue weighted by atomic mass is 9.81. The number of H-pyrrole nitrogens is 1. The van der Waals surface area contributed by atoms with Gasteiger partial charge in [-0.2, -0.15) is 0 Å². The van der Waals surface area contributed by atoms with Gasteiger partial charge in [-0.1, -0.05) is 18.2 Å². The van der Waals surface area contributed by atoms with E-state index in [1.54, 1.807) is 11.9 Å². The highest BCUT2D eigenvalue weighted by atomic mass is 17.2. The SMILES string of the molecule is CN(CC1CCC(C(=O)N2CCc3c([nH]c4ccccc34)C2)CC1)C(=O)OC(C)(C)C.COOC. The van der Waals surface area contributed by atoms with Crippen LogP contribution < -0.4 is 0 Å². The van der Waals surface area contributed by atoms with E-state index < -0.39 is 5.60 Å². The molecule has 8 heteroatoms. The fourth-order valence-electron chi connectivity index (χ4n) is 5.03. The number of nitrogens with one attached hydrogen (secondary N) is 1. The second-order valence-corrected chi connectivity index (χ2v) is 10.5. The number of carbonyl (C=O) groups excluding carboxylic acids is 2. The Balaban J connectivity index is 0.000000795. The van der Waals surface area contributed by atoms with Gasteiger partial charge in [-0.25, -0.2) is 14.6 Å². The molecule has 4 rings (SSSR count). The summed E-state index contributed by atoms with van der Waals surface area (Å²) in [7, 11) is 4.72. The second-order valence-electron chi connectivity index (χ2n) is 10.5. The average Bonchev–Trinajstić information content (AvgIpc) is 3.21. The van der Waals surface area contributed by atoms with Crippen molar-refractivity contribution in [1.82, 2.24) is 14.8 Å². The minimum Gasteiger partial charge on any atom is -0.444 e. The number of hydrogen-bond acceptors (Lipinski definition) is 5. The standard InChI is InChI=1S/C25H35N3O3.C2H6O2/c1-25(2,3)31-24(30)27(4)15-17-9-11-18(12-10-17)23(29)28-14-13-20-19-7-5-6-8-21(19)26-22(20)16-28;1-3-4-2/h5-8,17-18,26H,9-16H2,1-4H3;1-2H3. The van der Waals surface area contributed by atoms with E-state index >= 15 is 0 Å². The minimum absolute atomic E-state index is 0.106. The van der Waals surface area contributed by atoms with E-state index in [9.17, 15) is 9.59 Å². The molecule has 0 bridgehead atoms. The Kier molecular flexibility index (Phi) is 9.19. The van der Waals surface area contributed by atoms with E-state index in [-0.39, 0.29) is 12.0 Å². The number of aromatic amines is 1. The zero-order valence-electron chi connectivity index (χ0n) is 22.1. The normalized spacial score (nSPS) is 20.0. The van der Waals surface area contributed by atoms with Crippen LogP contribution in [0.2, 0.25) is 0 Å². The number of aromatic nitrogens is 1. The maximum atomic E-state index is 13.2. The molecule has 1 aliphatic carbocycles. The molecule has 2 heterocycles. The first-order chi connectivity index (χ1) is 16.6. The van der Waals surface area contributed by atoms with Crippen LogP contribution in [0.3, 0.4) is 0 Å². The summed E-state index contributed by atoms with van der Waals surface area (Å²) in [6, 6.07) is 8.39. The first-order valence-electron chi connectivity index (χ1n) is 12.5. The molecule has 1 N–H and O–H groups in total. The molecular formula is C27H41N3O5. The van der Waals surface area contributed by atoms with Crippen LogP contribution in [-0.2, 0) is 32.3 Å². The molecule has 1 aromatic heterocycles. The number of hydrogen-bond donors (Lipinski definition) is 1. The van der Waals surface area contributed by atoms with Crippen LogP contribution in [0.5, 0.6) is 0 Å². The molecule has 0 unspecified atom stereocenters. The summed E-state index contributed by atoms with van der Waals surface area (Å²) in [4.78, 5) is 40.7. The quantitative estimate of drug-likeness (QED) is 0.489. The molecule has 2 aromatic rings. The van der Waals surface area contributed by atoms with Crippen molar-refractivity contribution < 1.29 is 24.1 Å². The van der Waals surface area contributed by atoms with E-state index in [4.69, 9.17) is 4.74 Å². The molecule has 8 nitrogen and oxygen atoms in total. The lowest BCUT2D eigenvalue weighted by molar-refractivity contribution is -0.248. The highest BCUT2D eigenvalue weighted by molar-refractivity contribution is 5.86. The van der Waals surface area contributed by atoms with Gasteiger partial charge in [-0.15, -0.1) is 0 Å². The first kappa shape index (κ1) is 27.0. The maximum Gasteiger partial charge on any atom is 0.410 e. The number of ether oxygens (including phenoxy) is 1. The van der Waals surface area contributed by atoms with E-state index in [1.807, 2.05) is 31.7 Å². The largest absolute Gasteiger partial charge is 0.444 e. The summed E-state index contributed by atoms with van der Waals surface area (Å²) in [5.74, 6) is 0.834. The van der Waals surface area contributed by atoms with Gasteiger partial charge in [0.15, 0.2) is 0 Å². The number of rotatable bonds is 4. The Morgan fingerprint density at radius 3 is 2.37 bits per heavy atom. The maximum absolute atomic E-state index is 13.2. The van der Waals surface area contributed by atoms with Crippen LogP contribution in [0.15, 0.2) is 24.3 Å². The van der Waals surface area contributed by atoms with Crippen molar-refractivity contribution in [2.45, 2.75) is 65.0 Å². The van der Waals surface area contributed by atoms with Crippen LogP contribution in [0.4, 0.5) is 4.79 Å². The highest BCUT2D eigenvalue weighted by Gasteiger charge is 2.33. The zero-order chi connectivity index (χ0) is 25.6. The first-order valence-corrected chi connectivity index (χ1v) is 12.5. The molecule has 0 saturated heterocycles. The van der Waals surface area contributed by atoms with E-state index in [1.165, 1.54) is 30.9 Å². The van der Waals surface area contributed by atoms with Gasteiger partial charge < -0.3 is 19.5 Å². The minimum atomic E-state index is -0.477. The zero-order valence-corrected chi connectivity index (χ0v) is 22.1. The summed E-state index contributed by atoms with van der Waals surface area (Å²) >= 11 is 0. The Morgan fingerprint density at radius 1 is 1.09 bits per heavy atom. The molecule has 35 heavy (non-hydrogen) atoms. The average molecular weight is 488 g/mol. The van der Waals surface area contributed by atoms with Crippen LogP contribution in [-0.4, -0.2) is 66.7 Å². The predicted molar refractivity (Wildman–Crippen MR) is 136 cm³/mol. The van der Waals surface area contributed by atoms with Gasteiger partial charge in [-0.3, -0.25) is 4.79 Å². The van der Waals surface area contributed by atoms with Gasteiger partial charge in [0.25, 0.3) is 0 Å². The van der Waals surface area contributed by atoms with E-state index in [0.29, 0.717) is 24.9 Å². The molecule has 1 saturated carbocycles. The van der Waals surface area contributed by atoms with Crippen molar-refractivity contribution >= 4 is 22.9 Å². The Hall–Kier alpha value is -2.58. The van der Waals surface area contributed by atoms with Gasteiger partial charge in [0.2, 0.25) is 5.91 Å². The molecule has 2 amide bonds. The third-order valence-electron chi connectivity index (χ3n) is 6.79. The van der Waals surface area contributed by atoms with Gasteiger partial charge >= 0.3 is 6.09 Å². The van der Waals surface area contributed by atoms with Crippen molar-refractivity contribution in [3.63, 3.8) is 0 Å². The third-order valence-corrected chi connectivity index (χ3v) is 6.79. The number of amides is 2. The van der Waals surface area contributed by atoms with Crippen LogP contribution in [0, 0.1) is 11.8 Å². The summed E-state index contributed by atoms with van der Waals surface area (Å²) in [5, 5.41) is 1.29. The van der Waals surface area contributed by atoms with Crippen molar-refractivity contribution in [2.24, 2.45) is 11.8 Å². The second kappa shape index (κ2) is 11.9. The third kappa shape index (κ3) is 7.21. The molecule has 2 aliphatic rings. The topological polar surface area (TPSA) is 84.1 Å². The van der Waals surface area contributed by atoms with Gasteiger partial charge in [0, 0.05) is 42.7 Å². The summed E-state index contributed by atoms with van der Waals surface area (Å²) < 4.78 is 5.45. The van der Waals surface area contributed by atoms with E-state index in [0.717, 1.165) is 44.2 Å². The highest BCUT2D eigenvalue weighted by Crippen LogP contribution is 2.33. The Bertz CT molecular complexity index is 986. The number of fused-ring (bicyclic) bond motifs is 3. The number of nitrogens with zero attached hydrogens (tertiary/aromatic N) is 2. The van der Waals surface area contributed by atoms with Crippen LogP contribution in [0.1, 0.15) is 57.7 Å². The summed E-state index contributed by atoms with van der Waals surface area (Å²) in [6.45, 7) is 7.83. The number of para-hydroxylation sites is 1. The monoisotopic (exact) mass is 487 g/mol. The van der Waals surface area contributed by atoms with E-state index in [2.05, 4.69) is 33.0 Å². The Labute approximate surface area is 208 Å². The van der Waals surface area contributed by atoms with Gasteiger partial charge in [0.1, 0.15) is 5.60 Å². The lowest BCUT2D eigenvalue weighted by Crippen LogP contribution is -2.42. The molecule has 1 fully saturated rings. The molecule has 0 atom stereocenters. The smallest absolute Gasteiger partial charge is 0.410 e. The Morgan fingerprint density at radius 2 is 1.74 bits per heavy atom.